The summed E-state index contributed by atoms with van der Waals surface area (Å²) in [5.74, 6) is 4.74. The summed E-state index contributed by atoms with van der Waals surface area (Å²) >= 11 is 0. The summed E-state index contributed by atoms with van der Waals surface area (Å²) in [6, 6.07) is 5.94. The minimum absolute atomic E-state index is 0.709. The first-order valence-electron chi connectivity index (χ1n) is 5.23. The largest absolute Gasteiger partial charge is 0.492 e. The Hall–Kier alpha value is -1.42. The first-order chi connectivity index (χ1) is 7.20. The van der Waals surface area contributed by atoms with Gasteiger partial charge in [-0.05, 0) is 18.1 Å². The van der Waals surface area contributed by atoms with Crippen LogP contribution >= 0.6 is 0 Å². The molecule has 0 atom stereocenters. The number of terminal acetylenes is 1. The second kappa shape index (κ2) is 5.46. The van der Waals surface area contributed by atoms with E-state index < -0.39 is 0 Å². The molecule has 0 fully saturated rings. The van der Waals surface area contributed by atoms with E-state index in [0.717, 1.165) is 23.3 Å². The van der Waals surface area contributed by atoms with Crippen LogP contribution in [0.5, 0.6) is 5.75 Å². The predicted octanol–water partition coefficient (Wildman–Crippen LogP) is 3.42. The summed E-state index contributed by atoms with van der Waals surface area (Å²) in [4.78, 5) is 0. The fourth-order valence-corrected chi connectivity index (χ4v) is 1.43. The van der Waals surface area contributed by atoms with Crippen LogP contribution in [0.4, 0.5) is 0 Å². The molecule has 1 radical (unpaired) electrons. The van der Waals surface area contributed by atoms with Crippen LogP contribution in [0.25, 0.3) is 0 Å². The van der Waals surface area contributed by atoms with Gasteiger partial charge in [0, 0.05) is 5.92 Å². The number of benzene rings is 1. The zero-order valence-corrected chi connectivity index (χ0v) is 9.63. The third-order valence-corrected chi connectivity index (χ3v) is 2.17. The second-order valence-electron chi connectivity index (χ2n) is 3.67. The van der Waals surface area contributed by atoms with Crippen molar-refractivity contribution >= 4 is 0 Å². The van der Waals surface area contributed by atoms with Crippen LogP contribution < -0.4 is 4.74 Å². The smallest absolute Gasteiger partial charge is 0.135 e. The van der Waals surface area contributed by atoms with E-state index in [1.54, 1.807) is 0 Å². The van der Waals surface area contributed by atoms with Crippen molar-refractivity contribution in [3.05, 3.63) is 35.2 Å². The minimum atomic E-state index is 0.709. The van der Waals surface area contributed by atoms with E-state index in [0.29, 0.717) is 6.61 Å². The zero-order chi connectivity index (χ0) is 11.3. The third kappa shape index (κ3) is 2.76. The number of hydrogen-bond donors (Lipinski definition) is 0. The number of rotatable bonds is 4. The molecule has 15 heavy (non-hydrogen) atoms. The Kier molecular flexibility index (Phi) is 4.24. The van der Waals surface area contributed by atoms with E-state index in [1.807, 2.05) is 18.2 Å². The van der Waals surface area contributed by atoms with Crippen molar-refractivity contribution in [2.45, 2.75) is 27.2 Å². The van der Waals surface area contributed by atoms with E-state index >= 15 is 0 Å². The summed E-state index contributed by atoms with van der Waals surface area (Å²) in [6.45, 7) is 6.90. The van der Waals surface area contributed by atoms with Gasteiger partial charge in [-0.25, -0.2) is 0 Å². The van der Waals surface area contributed by atoms with Gasteiger partial charge in [0.05, 0.1) is 12.2 Å². The van der Waals surface area contributed by atoms with E-state index in [4.69, 9.17) is 11.2 Å². The van der Waals surface area contributed by atoms with Gasteiger partial charge >= 0.3 is 0 Å². The van der Waals surface area contributed by atoms with Crippen LogP contribution in [0.15, 0.2) is 18.2 Å². The molecule has 0 amide bonds. The van der Waals surface area contributed by atoms with Gasteiger partial charge < -0.3 is 4.74 Å². The number of ether oxygens (including phenoxy) is 1. The monoisotopic (exact) mass is 201 g/mol. The van der Waals surface area contributed by atoms with Crippen molar-refractivity contribution in [1.82, 2.24) is 0 Å². The van der Waals surface area contributed by atoms with Crippen molar-refractivity contribution in [3.63, 3.8) is 0 Å². The van der Waals surface area contributed by atoms with E-state index in [1.165, 1.54) is 5.92 Å². The Bertz CT molecular complexity index is 358. The van der Waals surface area contributed by atoms with Crippen molar-refractivity contribution in [3.8, 4) is 18.1 Å². The average Bonchev–Trinajstić information content (AvgIpc) is 2.25. The van der Waals surface area contributed by atoms with Crippen molar-refractivity contribution in [2.24, 2.45) is 0 Å². The summed E-state index contributed by atoms with van der Waals surface area (Å²) in [6.07, 6.45) is 6.51. The maximum atomic E-state index is 5.61. The van der Waals surface area contributed by atoms with Crippen LogP contribution in [-0.4, -0.2) is 6.61 Å². The maximum Gasteiger partial charge on any atom is 0.135 e. The second-order valence-corrected chi connectivity index (χ2v) is 3.67. The van der Waals surface area contributed by atoms with Gasteiger partial charge in [-0.15, -0.1) is 6.42 Å². The lowest BCUT2D eigenvalue weighted by atomic mass is 9.97. The Balaban J connectivity index is 3.06. The van der Waals surface area contributed by atoms with Crippen molar-refractivity contribution in [1.29, 1.82) is 0 Å². The highest BCUT2D eigenvalue weighted by molar-refractivity contribution is 5.54. The predicted molar refractivity (Wildman–Crippen MR) is 63.9 cm³/mol. The summed E-state index contributed by atoms with van der Waals surface area (Å²) in [7, 11) is 0. The molecular formula is C14H17O. The lowest BCUT2D eigenvalue weighted by Gasteiger charge is -2.13. The molecule has 1 nitrogen and oxygen atoms in total. The van der Waals surface area contributed by atoms with Crippen LogP contribution in [0, 0.1) is 18.3 Å². The molecule has 0 heterocycles. The molecule has 1 heteroatoms. The number of hydrogen-bond acceptors (Lipinski definition) is 1. The van der Waals surface area contributed by atoms with Gasteiger partial charge in [0.25, 0.3) is 0 Å². The van der Waals surface area contributed by atoms with Crippen molar-refractivity contribution < 1.29 is 4.74 Å². The third-order valence-electron chi connectivity index (χ3n) is 2.17. The summed E-state index contributed by atoms with van der Waals surface area (Å²) in [5.41, 5.74) is 1.97. The molecule has 0 aliphatic rings. The Labute approximate surface area is 92.5 Å². The molecule has 0 N–H and O–H groups in total. The molecule has 0 saturated heterocycles. The molecule has 0 spiro atoms. The molecule has 1 aromatic carbocycles. The fourth-order valence-electron chi connectivity index (χ4n) is 1.43. The molecule has 0 aromatic heterocycles. The highest BCUT2D eigenvalue weighted by Gasteiger charge is 2.10. The lowest BCUT2D eigenvalue weighted by molar-refractivity contribution is 0.316. The van der Waals surface area contributed by atoms with Gasteiger partial charge in [-0.3, -0.25) is 0 Å². The average molecular weight is 201 g/mol. The van der Waals surface area contributed by atoms with E-state index in [-0.39, 0.29) is 0 Å². The van der Waals surface area contributed by atoms with Crippen LogP contribution in [-0.2, 0) is 0 Å². The first kappa shape index (κ1) is 11.7. The minimum Gasteiger partial charge on any atom is -0.492 e. The lowest BCUT2D eigenvalue weighted by Crippen LogP contribution is -2.01. The topological polar surface area (TPSA) is 9.23 Å². The van der Waals surface area contributed by atoms with E-state index in [9.17, 15) is 0 Å². The van der Waals surface area contributed by atoms with Gasteiger partial charge in [0.15, 0.2) is 0 Å². The summed E-state index contributed by atoms with van der Waals surface area (Å²) in [5, 5.41) is 0. The maximum absolute atomic E-state index is 5.61. The van der Waals surface area contributed by atoms with Gasteiger partial charge in [0.2, 0.25) is 0 Å². The van der Waals surface area contributed by atoms with E-state index in [2.05, 4.69) is 26.7 Å². The molecule has 0 aliphatic heterocycles. The molecule has 0 aliphatic carbocycles. The van der Waals surface area contributed by atoms with Crippen molar-refractivity contribution in [2.75, 3.05) is 6.61 Å². The Morgan fingerprint density at radius 1 is 1.40 bits per heavy atom. The Morgan fingerprint density at radius 2 is 2.13 bits per heavy atom. The molecule has 1 aromatic rings. The van der Waals surface area contributed by atoms with Gasteiger partial charge in [-0.1, -0.05) is 38.8 Å². The highest BCUT2D eigenvalue weighted by atomic mass is 16.5. The molecule has 0 bridgehead atoms. The highest BCUT2D eigenvalue weighted by Crippen LogP contribution is 2.26. The molecule has 0 unspecified atom stereocenters. The standard InChI is InChI=1S/C14H17O/c1-5-10-15-14-9-7-8-13(11(3)4)12(14)6-2/h2,7-9H,5,10H2,1,3-4H3. The summed E-state index contributed by atoms with van der Waals surface area (Å²) < 4.78 is 5.61. The van der Waals surface area contributed by atoms with Crippen LogP contribution in [0.3, 0.4) is 0 Å². The van der Waals surface area contributed by atoms with Gasteiger partial charge in [0.1, 0.15) is 5.75 Å². The molecule has 79 valence electrons. The zero-order valence-electron chi connectivity index (χ0n) is 9.63. The SMILES string of the molecule is C#Cc1c(OCCC)cccc1[C](C)C. The normalized spacial score (nSPS) is 10.1. The molecule has 1 rings (SSSR count). The van der Waals surface area contributed by atoms with Gasteiger partial charge in [-0.2, -0.15) is 0 Å². The first-order valence-corrected chi connectivity index (χ1v) is 5.23. The van der Waals surface area contributed by atoms with Crippen LogP contribution in [0.2, 0.25) is 0 Å². The fraction of sp³-hybridized carbons (Fsp3) is 0.357. The quantitative estimate of drug-likeness (QED) is 0.678. The Morgan fingerprint density at radius 3 is 2.67 bits per heavy atom. The molecular weight excluding hydrogens is 184 g/mol. The van der Waals surface area contributed by atoms with Crippen LogP contribution in [0.1, 0.15) is 38.3 Å². The molecule has 0 saturated carbocycles.